The number of carbonyl (C=O) groups excluding carboxylic acids is 2. The summed E-state index contributed by atoms with van der Waals surface area (Å²) in [4.78, 5) is 26.6. The number of hydrogen-bond acceptors (Lipinski definition) is 2. The summed E-state index contributed by atoms with van der Waals surface area (Å²) < 4.78 is 1.89. The molecule has 0 saturated heterocycles. The van der Waals surface area contributed by atoms with Gasteiger partial charge in [-0.1, -0.05) is 62.7 Å². The lowest BCUT2D eigenvalue weighted by molar-refractivity contribution is 0.0997. The Morgan fingerprint density at radius 2 is 1.86 bits per heavy atom. The third-order valence-corrected chi connectivity index (χ3v) is 5.38. The summed E-state index contributed by atoms with van der Waals surface area (Å²) in [6.45, 7) is 8.37. The van der Waals surface area contributed by atoms with Crippen molar-refractivity contribution in [2.24, 2.45) is 11.1 Å². The van der Waals surface area contributed by atoms with Crippen LogP contribution < -0.4 is 11.1 Å². The van der Waals surface area contributed by atoms with Crippen LogP contribution in [0.1, 0.15) is 43.2 Å². The SMILES string of the molecule is CC(C)(C)CCNC(=O)N1CCn2c(Cl)c(-c3ccccc3)c(C(N)=O)c2C1. The van der Waals surface area contributed by atoms with Crippen LogP contribution in [0.2, 0.25) is 5.15 Å². The molecule has 3 rings (SSSR count). The van der Waals surface area contributed by atoms with Gasteiger partial charge in [-0.15, -0.1) is 0 Å². The number of urea groups is 1. The zero-order valence-electron chi connectivity index (χ0n) is 16.6. The molecule has 0 aliphatic carbocycles. The van der Waals surface area contributed by atoms with Crippen molar-refractivity contribution >= 4 is 23.5 Å². The predicted octanol–water partition coefficient (Wildman–Crippen LogP) is 3.87. The van der Waals surface area contributed by atoms with Gasteiger partial charge in [-0.25, -0.2) is 4.79 Å². The van der Waals surface area contributed by atoms with Gasteiger partial charge in [-0.2, -0.15) is 0 Å². The fourth-order valence-corrected chi connectivity index (χ4v) is 3.87. The van der Waals surface area contributed by atoms with E-state index in [2.05, 4.69) is 26.1 Å². The van der Waals surface area contributed by atoms with Gasteiger partial charge in [-0.05, 0) is 17.4 Å². The van der Waals surface area contributed by atoms with Crippen LogP contribution >= 0.6 is 11.6 Å². The Morgan fingerprint density at radius 3 is 2.46 bits per heavy atom. The molecule has 2 heterocycles. The maximum atomic E-state index is 12.6. The highest BCUT2D eigenvalue weighted by molar-refractivity contribution is 6.33. The van der Waals surface area contributed by atoms with Gasteiger partial charge in [0.15, 0.2) is 0 Å². The van der Waals surface area contributed by atoms with E-state index in [-0.39, 0.29) is 11.4 Å². The Bertz CT molecular complexity index is 884. The van der Waals surface area contributed by atoms with E-state index in [0.717, 1.165) is 12.0 Å². The van der Waals surface area contributed by atoms with Crippen molar-refractivity contribution in [1.29, 1.82) is 0 Å². The van der Waals surface area contributed by atoms with E-state index in [1.165, 1.54) is 0 Å². The molecule has 7 heteroatoms. The van der Waals surface area contributed by atoms with Gasteiger partial charge < -0.3 is 20.5 Å². The van der Waals surface area contributed by atoms with Crippen LogP contribution in [0.5, 0.6) is 0 Å². The van der Waals surface area contributed by atoms with E-state index in [9.17, 15) is 9.59 Å². The summed E-state index contributed by atoms with van der Waals surface area (Å²) in [5.41, 5.74) is 8.42. The molecule has 150 valence electrons. The third-order valence-electron chi connectivity index (χ3n) is 4.99. The maximum absolute atomic E-state index is 12.6. The first-order valence-electron chi connectivity index (χ1n) is 9.48. The minimum absolute atomic E-state index is 0.135. The van der Waals surface area contributed by atoms with Crippen LogP contribution in [0.3, 0.4) is 0 Å². The first kappa shape index (κ1) is 20.3. The van der Waals surface area contributed by atoms with Crippen LogP contribution in [0, 0.1) is 5.41 Å². The number of aromatic nitrogens is 1. The minimum Gasteiger partial charge on any atom is -0.366 e. The quantitative estimate of drug-likeness (QED) is 0.813. The number of benzene rings is 1. The second-order valence-corrected chi connectivity index (χ2v) is 8.69. The van der Waals surface area contributed by atoms with Crippen molar-refractivity contribution in [3.8, 4) is 11.1 Å². The summed E-state index contributed by atoms with van der Waals surface area (Å²) in [6.07, 6.45) is 0.888. The molecule has 3 amide bonds. The molecular formula is C21H27ClN4O2. The lowest BCUT2D eigenvalue weighted by atomic mass is 9.92. The molecular weight excluding hydrogens is 376 g/mol. The summed E-state index contributed by atoms with van der Waals surface area (Å²) in [5.74, 6) is -0.538. The van der Waals surface area contributed by atoms with E-state index in [1.807, 2.05) is 34.9 Å². The van der Waals surface area contributed by atoms with Crippen molar-refractivity contribution in [3.05, 3.63) is 46.7 Å². The Kier molecular flexibility index (Phi) is 5.70. The second kappa shape index (κ2) is 7.87. The van der Waals surface area contributed by atoms with Crippen LogP contribution in [-0.2, 0) is 13.1 Å². The highest BCUT2D eigenvalue weighted by atomic mass is 35.5. The van der Waals surface area contributed by atoms with Gasteiger partial charge in [0.1, 0.15) is 5.15 Å². The number of hydrogen-bond donors (Lipinski definition) is 2. The molecule has 3 N–H and O–H groups in total. The number of rotatable bonds is 4. The second-order valence-electron chi connectivity index (χ2n) is 8.33. The van der Waals surface area contributed by atoms with Crippen LogP contribution in [0.25, 0.3) is 11.1 Å². The lowest BCUT2D eigenvalue weighted by Gasteiger charge is -2.30. The molecule has 1 aromatic carbocycles. The van der Waals surface area contributed by atoms with Gasteiger partial charge in [0.25, 0.3) is 5.91 Å². The fraction of sp³-hybridized carbons (Fsp3) is 0.429. The molecule has 0 atom stereocenters. The smallest absolute Gasteiger partial charge is 0.317 e. The zero-order valence-corrected chi connectivity index (χ0v) is 17.3. The largest absolute Gasteiger partial charge is 0.366 e. The normalized spacial score (nSPS) is 13.9. The van der Waals surface area contributed by atoms with Crippen LogP contribution in [-0.4, -0.2) is 34.5 Å². The molecule has 0 saturated carbocycles. The molecule has 6 nitrogen and oxygen atoms in total. The summed E-state index contributed by atoms with van der Waals surface area (Å²) in [6, 6.07) is 9.35. The van der Waals surface area contributed by atoms with Gasteiger partial charge in [0.2, 0.25) is 0 Å². The van der Waals surface area contributed by atoms with Crippen LogP contribution in [0.4, 0.5) is 4.79 Å². The number of nitrogens with one attached hydrogen (secondary N) is 1. The molecule has 0 fully saturated rings. The number of halogens is 1. The van der Waals surface area contributed by atoms with Crippen molar-refractivity contribution < 1.29 is 9.59 Å². The van der Waals surface area contributed by atoms with Gasteiger partial charge in [0.05, 0.1) is 17.8 Å². The first-order valence-corrected chi connectivity index (χ1v) is 9.85. The molecule has 28 heavy (non-hydrogen) atoms. The third kappa shape index (κ3) is 4.17. The van der Waals surface area contributed by atoms with E-state index >= 15 is 0 Å². The van der Waals surface area contributed by atoms with Gasteiger partial charge in [-0.3, -0.25) is 4.79 Å². The summed E-state index contributed by atoms with van der Waals surface area (Å²) >= 11 is 6.62. The molecule has 1 aliphatic heterocycles. The van der Waals surface area contributed by atoms with Gasteiger partial charge >= 0.3 is 6.03 Å². The lowest BCUT2D eigenvalue weighted by Crippen LogP contribution is -2.45. The van der Waals surface area contributed by atoms with Crippen molar-refractivity contribution in [1.82, 2.24) is 14.8 Å². The molecule has 0 radical (unpaired) electrons. The first-order chi connectivity index (χ1) is 13.2. The molecule has 0 unspecified atom stereocenters. The van der Waals surface area contributed by atoms with Crippen molar-refractivity contribution in [2.75, 3.05) is 13.1 Å². The standard InChI is InChI=1S/C21H27ClN4O2/c1-21(2,3)9-10-24-20(28)25-11-12-26-15(13-25)17(19(23)27)16(18(26)22)14-7-5-4-6-8-14/h4-8H,9-13H2,1-3H3,(H2,23,27)(H,24,28). The fourth-order valence-electron chi connectivity index (χ4n) is 3.48. The van der Waals surface area contributed by atoms with E-state index in [0.29, 0.717) is 48.2 Å². The molecule has 1 aliphatic rings. The van der Waals surface area contributed by atoms with E-state index in [1.54, 1.807) is 4.90 Å². The van der Waals surface area contributed by atoms with Crippen molar-refractivity contribution in [2.45, 2.75) is 40.3 Å². The number of amides is 3. The number of fused-ring (bicyclic) bond motifs is 1. The highest BCUT2D eigenvalue weighted by Gasteiger charge is 2.31. The topological polar surface area (TPSA) is 80.4 Å². The molecule has 2 aromatic rings. The molecule has 0 bridgehead atoms. The van der Waals surface area contributed by atoms with Crippen LogP contribution in [0.15, 0.2) is 30.3 Å². The van der Waals surface area contributed by atoms with Crippen molar-refractivity contribution in [3.63, 3.8) is 0 Å². The Balaban J connectivity index is 1.87. The number of nitrogens with two attached hydrogens (primary N) is 1. The average molecular weight is 403 g/mol. The summed E-state index contributed by atoms with van der Waals surface area (Å²) in [7, 11) is 0. The number of carbonyl (C=O) groups is 2. The van der Waals surface area contributed by atoms with E-state index < -0.39 is 5.91 Å². The monoisotopic (exact) mass is 402 g/mol. The summed E-state index contributed by atoms with van der Waals surface area (Å²) in [5, 5.41) is 3.46. The molecule has 1 aromatic heterocycles. The maximum Gasteiger partial charge on any atom is 0.317 e. The average Bonchev–Trinajstić information content (AvgIpc) is 2.93. The predicted molar refractivity (Wildman–Crippen MR) is 111 cm³/mol. The number of nitrogens with zero attached hydrogens (tertiary/aromatic N) is 2. The zero-order chi connectivity index (χ0) is 20.5. The minimum atomic E-state index is -0.538. The Morgan fingerprint density at radius 1 is 1.18 bits per heavy atom. The van der Waals surface area contributed by atoms with Gasteiger partial charge in [0, 0.05) is 25.2 Å². The van der Waals surface area contributed by atoms with E-state index in [4.69, 9.17) is 17.3 Å². The number of primary amides is 1. The Hall–Kier alpha value is -2.47. The molecule has 0 spiro atoms. The Labute approximate surface area is 170 Å². The highest BCUT2D eigenvalue weighted by Crippen LogP contribution is 2.38.